The van der Waals surface area contributed by atoms with Crippen LogP contribution in [0.5, 0.6) is 0 Å². The van der Waals surface area contributed by atoms with E-state index in [2.05, 4.69) is 29.7 Å². The number of alkyl halides is 9. The first-order chi connectivity index (χ1) is 27.5. The summed E-state index contributed by atoms with van der Waals surface area (Å²) in [5.74, 6) is -7.91. The number of nitrogens with two attached hydrogens (primary N) is 2. The van der Waals surface area contributed by atoms with Crippen molar-refractivity contribution in [3.63, 3.8) is 0 Å². The van der Waals surface area contributed by atoms with E-state index in [9.17, 15) is 49.1 Å². The summed E-state index contributed by atoms with van der Waals surface area (Å²) >= 11 is 0. The lowest BCUT2D eigenvalue weighted by Gasteiger charge is -2.23. The van der Waals surface area contributed by atoms with Crippen molar-refractivity contribution >= 4 is 29.7 Å². The van der Waals surface area contributed by atoms with Gasteiger partial charge in [-0.2, -0.15) is 39.5 Å². The SMILES string of the molecule is CCCCCCCCC=CCCCCCCCC(=O)N(CCCN)CCCNCCCC(=O)NCCCN.O=C(O)C(F)(F)F.O=C(O)C(F)(F)F.O=C(O)C(F)(F)F. The highest BCUT2D eigenvalue weighted by atomic mass is 19.4. The summed E-state index contributed by atoms with van der Waals surface area (Å²) in [7, 11) is 0. The zero-order valence-corrected chi connectivity index (χ0v) is 33.9. The summed E-state index contributed by atoms with van der Waals surface area (Å²) in [5, 5.41) is 27.6. The number of nitrogens with zero attached hydrogens (tertiary/aromatic N) is 1. The van der Waals surface area contributed by atoms with Crippen LogP contribution in [0, 0.1) is 0 Å². The van der Waals surface area contributed by atoms with E-state index in [-0.39, 0.29) is 11.8 Å². The van der Waals surface area contributed by atoms with Crippen molar-refractivity contribution in [3.8, 4) is 0 Å². The molecule has 0 aliphatic carbocycles. The van der Waals surface area contributed by atoms with Crippen molar-refractivity contribution < 1.29 is 78.8 Å². The average molecular weight is 880 g/mol. The van der Waals surface area contributed by atoms with Crippen LogP contribution in [0.2, 0.25) is 0 Å². The van der Waals surface area contributed by atoms with E-state index in [1.54, 1.807) is 0 Å². The molecule has 0 fully saturated rings. The van der Waals surface area contributed by atoms with Crippen molar-refractivity contribution in [1.29, 1.82) is 0 Å². The van der Waals surface area contributed by atoms with Crippen LogP contribution >= 0.6 is 0 Å². The summed E-state index contributed by atoms with van der Waals surface area (Å²) < 4.78 is 95.2. The minimum atomic E-state index is -5.08. The van der Waals surface area contributed by atoms with Gasteiger partial charge in [0.25, 0.3) is 0 Å². The van der Waals surface area contributed by atoms with E-state index in [1.807, 2.05) is 4.90 Å². The second-order valence-electron chi connectivity index (χ2n) is 13.0. The third-order valence-corrected chi connectivity index (χ3v) is 7.61. The fourth-order valence-electron chi connectivity index (χ4n) is 4.46. The standard InChI is InChI=1S/C31H63N5O2.3C2HF3O2/c1-2-3-4-5-6-7-8-9-10-11-12-13-14-15-16-22-31(38)36(28-19-24-33)29-20-26-34-25-17-21-30(37)35-27-18-23-32;3*3-2(4,5)1(6)7/h9-10,34H,2-8,11-29,32-33H2,1H3,(H,35,37);3*(H,6,7). The van der Waals surface area contributed by atoms with Gasteiger partial charge in [-0.3, -0.25) is 9.59 Å². The molecule has 0 aromatic heterocycles. The van der Waals surface area contributed by atoms with Crippen LogP contribution in [-0.2, 0) is 24.0 Å². The molecule has 0 atom stereocenters. The molecule has 0 bridgehead atoms. The molecule has 0 aliphatic heterocycles. The van der Waals surface area contributed by atoms with Gasteiger partial charge in [0.05, 0.1) is 0 Å². The van der Waals surface area contributed by atoms with Crippen molar-refractivity contribution in [1.82, 2.24) is 15.5 Å². The highest BCUT2D eigenvalue weighted by Gasteiger charge is 2.39. The lowest BCUT2D eigenvalue weighted by molar-refractivity contribution is -0.193. The zero-order valence-electron chi connectivity index (χ0n) is 33.9. The van der Waals surface area contributed by atoms with Crippen LogP contribution in [0.25, 0.3) is 0 Å². The smallest absolute Gasteiger partial charge is 0.475 e. The summed E-state index contributed by atoms with van der Waals surface area (Å²) in [6, 6.07) is 0. The molecule has 0 saturated heterocycles. The number of unbranched alkanes of at least 4 members (excludes halogenated alkanes) is 11. The van der Waals surface area contributed by atoms with E-state index in [4.69, 9.17) is 41.2 Å². The molecule has 0 aliphatic rings. The number of halogens is 9. The van der Waals surface area contributed by atoms with Crippen molar-refractivity contribution in [2.45, 2.75) is 147 Å². The maximum Gasteiger partial charge on any atom is 0.490 e. The molecular weight excluding hydrogens is 813 g/mol. The lowest BCUT2D eigenvalue weighted by atomic mass is 10.1. The molecule has 0 unspecified atom stereocenters. The molecule has 13 nitrogen and oxygen atoms in total. The molecule has 2 amide bonds. The predicted octanol–water partition coefficient (Wildman–Crippen LogP) is 7.33. The Bertz CT molecular complexity index is 1050. The number of hydrogen-bond acceptors (Lipinski definition) is 8. The summed E-state index contributed by atoms with van der Waals surface area (Å²) in [4.78, 5) is 53.1. The maximum atomic E-state index is 12.7. The molecule has 0 aromatic rings. The number of carboxylic acids is 3. The number of allylic oxidation sites excluding steroid dienone is 2. The first kappa shape index (κ1) is 62.0. The second-order valence-corrected chi connectivity index (χ2v) is 13.0. The Morgan fingerprint density at radius 1 is 0.525 bits per heavy atom. The molecule has 0 radical (unpaired) electrons. The van der Waals surface area contributed by atoms with Gasteiger partial charge in [-0.15, -0.1) is 0 Å². The Labute approximate surface area is 340 Å². The Morgan fingerprint density at radius 3 is 1.34 bits per heavy atom. The average Bonchev–Trinajstić information content (AvgIpc) is 3.13. The third kappa shape index (κ3) is 50.4. The fraction of sp³-hybridized carbons (Fsp3) is 0.811. The quantitative estimate of drug-likeness (QED) is 0.0224. The topological polar surface area (TPSA) is 225 Å². The van der Waals surface area contributed by atoms with Crippen molar-refractivity contribution in [2.24, 2.45) is 11.5 Å². The van der Waals surface area contributed by atoms with E-state index >= 15 is 0 Å². The minimum absolute atomic E-state index is 0.0921. The minimum Gasteiger partial charge on any atom is -0.475 e. The van der Waals surface area contributed by atoms with Gasteiger partial charge in [-0.25, -0.2) is 14.4 Å². The molecule has 9 N–H and O–H groups in total. The summed E-state index contributed by atoms with van der Waals surface area (Å²) in [6.45, 7) is 7.34. The lowest BCUT2D eigenvalue weighted by Crippen LogP contribution is -2.35. The highest BCUT2D eigenvalue weighted by Crippen LogP contribution is 2.15. The van der Waals surface area contributed by atoms with Crippen LogP contribution < -0.4 is 22.1 Å². The van der Waals surface area contributed by atoms with Crippen LogP contribution in [-0.4, -0.2) is 114 Å². The van der Waals surface area contributed by atoms with Crippen LogP contribution in [0.4, 0.5) is 39.5 Å². The third-order valence-electron chi connectivity index (χ3n) is 7.61. The second kappa shape index (κ2) is 39.8. The zero-order chi connectivity index (χ0) is 46.2. The van der Waals surface area contributed by atoms with Crippen molar-refractivity contribution in [2.75, 3.05) is 45.8 Å². The number of amides is 2. The van der Waals surface area contributed by atoms with Crippen LogP contribution in [0.1, 0.15) is 129 Å². The number of aliphatic carboxylic acids is 3. The normalized spacial score (nSPS) is 11.3. The number of nitrogens with one attached hydrogen (secondary N) is 2. The largest absolute Gasteiger partial charge is 0.490 e. The van der Waals surface area contributed by atoms with Gasteiger partial charge in [0.15, 0.2) is 0 Å². The molecule has 0 spiro atoms. The molecule has 59 heavy (non-hydrogen) atoms. The highest BCUT2D eigenvalue weighted by molar-refractivity contribution is 5.76. The molecule has 0 rings (SSSR count). The number of carbonyl (C=O) groups excluding carboxylic acids is 2. The monoisotopic (exact) mass is 879 g/mol. The number of carboxylic acid groups (broad SMARTS) is 3. The molecular formula is C37H66F9N5O8. The van der Waals surface area contributed by atoms with E-state index in [0.29, 0.717) is 32.5 Å². The van der Waals surface area contributed by atoms with Gasteiger partial charge in [-0.1, -0.05) is 70.4 Å². The Hall–Kier alpha value is -3.66. The van der Waals surface area contributed by atoms with Gasteiger partial charge in [0, 0.05) is 32.5 Å². The first-order valence-electron chi connectivity index (χ1n) is 19.7. The Morgan fingerprint density at radius 2 is 0.915 bits per heavy atom. The number of carbonyl (C=O) groups is 5. The first-order valence-corrected chi connectivity index (χ1v) is 19.7. The molecule has 350 valence electrons. The van der Waals surface area contributed by atoms with E-state index in [1.165, 1.54) is 70.6 Å². The van der Waals surface area contributed by atoms with E-state index in [0.717, 1.165) is 64.7 Å². The Balaban J connectivity index is -0.000000580. The van der Waals surface area contributed by atoms with Gasteiger partial charge >= 0.3 is 36.4 Å². The molecule has 0 saturated carbocycles. The molecule has 0 aromatic carbocycles. The van der Waals surface area contributed by atoms with Gasteiger partial charge in [0.2, 0.25) is 11.8 Å². The van der Waals surface area contributed by atoms with Gasteiger partial charge in [-0.05, 0) is 84.0 Å². The summed E-state index contributed by atoms with van der Waals surface area (Å²) in [5.41, 5.74) is 11.1. The predicted molar refractivity (Wildman–Crippen MR) is 204 cm³/mol. The molecule has 22 heteroatoms. The number of hydrogen-bond donors (Lipinski definition) is 7. The number of rotatable bonds is 29. The van der Waals surface area contributed by atoms with Gasteiger partial charge in [0.1, 0.15) is 0 Å². The van der Waals surface area contributed by atoms with Crippen LogP contribution in [0.3, 0.4) is 0 Å². The van der Waals surface area contributed by atoms with Gasteiger partial charge < -0.3 is 42.3 Å². The maximum absolute atomic E-state index is 12.7. The summed E-state index contributed by atoms with van der Waals surface area (Å²) in [6.07, 6.45) is 10.6. The van der Waals surface area contributed by atoms with E-state index < -0.39 is 36.4 Å². The molecule has 0 heterocycles. The Kier molecular flexibility index (Phi) is 41.8. The fourth-order valence-corrected chi connectivity index (χ4v) is 4.46. The van der Waals surface area contributed by atoms with Crippen molar-refractivity contribution in [3.05, 3.63) is 12.2 Å². The van der Waals surface area contributed by atoms with Crippen LogP contribution in [0.15, 0.2) is 12.2 Å².